The Bertz CT molecular complexity index is 933. The van der Waals surface area contributed by atoms with Crippen molar-refractivity contribution in [1.29, 1.82) is 5.26 Å². The molecular weight excluding hydrogens is 328 g/mol. The number of fused-ring (bicyclic) bond motifs is 1. The molecule has 0 fully saturated rings. The van der Waals surface area contributed by atoms with Gasteiger partial charge in [-0.2, -0.15) is 5.26 Å². The third-order valence-electron chi connectivity index (χ3n) is 3.36. The number of aryl methyl sites for hydroxylation is 1. The van der Waals surface area contributed by atoms with Crippen molar-refractivity contribution < 1.29 is 8.76 Å². The van der Waals surface area contributed by atoms with Gasteiger partial charge in [-0.25, -0.2) is 0 Å². The lowest BCUT2D eigenvalue weighted by atomic mass is 10.1. The van der Waals surface area contributed by atoms with Gasteiger partial charge in [0.15, 0.2) is 0 Å². The molecular formula is C15H13N6O2S-. The minimum Gasteiger partial charge on any atom is -0.772 e. The van der Waals surface area contributed by atoms with Gasteiger partial charge in [0.25, 0.3) is 0 Å². The molecule has 0 spiro atoms. The van der Waals surface area contributed by atoms with Gasteiger partial charge in [0.2, 0.25) is 0 Å². The third-order valence-corrected chi connectivity index (χ3v) is 3.87. The molecule has 1 aromatic carbocycles. The van der Waals surface area contributed by atoms with Crippen LogP contribution in [0.25, 0.3) is 10.9 Å². The normalized spacial score (nSPS) is 12.0. The van der Waals surface area contributed by atoms with Crippen LogP contribution in [0.15, 0.2) is 36.7 Å². The molecule has 0 aliphatic heterocycles. The summed E-state index contributed by atoms with van der Waals surface area (Å²) in [5, 5.41) is 20.9. The van der Waals surface area contributed by atoms with Crippen LogP contribution in [0, 0.1) is 11.3 Å². The van der Waals surface area contributed by atoms with E-state index in [0.29, 0.717) is 17.8 Å². The van der Waals surface area contributed by atoms with E-state index in [1.54, 1.807) is 18.5 Å². The highest BCUT2D eigenvalue weighted by Gasteiger charge is 2.03. The van der Waals surface area contributed by atoms with Gasteiger partial charge in [-0.05, 0) is 24.3 Å². The van der Waals surface area contributed by atoms with E-state index in [9.17, 15) is 8.76 Å². The van der Waals surface area contributed by atoms with Crippen molar-refractivity contribution in [3.63, 3.8) is 0 Å². The molecule has 0 bridgehead atoms. The van der Waals surface area contributed by atoms with Gasteiger partial charge in [0, 0.05) is 23.0 Å². The number of rotatable bonds is 6. The van der Waals surface area contributed by atoms with Crippen LogP contribution in [0.5, 0.6) is 0 Å². The molecule has 9 heteroatoms. The fourth-order valence-electron chi connectivity index (χ4n) is 2.19. The summed E-state index contributed by atoms with van der Waals surface area (Å²) in [5.41, 5.74) is 2.90. The van der Waals surface area contributed by atoms with Gasteiger partial charge in [-0.3, -0.25) is 13.9 Å². The number of nitriles is 1. The largest absolute Gasteiger partial charge is 0.772 e. The molecule has 3 rings (SSSR count). The highest BCUT2D eigenvalue weighted by molar-refractivity contribution is 7.79. The summed E-state index contributed by atoms with van der Waals surface area (Å²) in [6.45, 7) is 0.735. The topological polar surface area (TPSA) is 120 Å². The summed E-state index contributed by atoms with van der Waals surface area (Å²) in [6, 6.07) is 9.54. The second kappa shape index (κ2) is 7.16. The minimum absolute atomic E-state index is 0.00906. The maximum Gasteiger partial charge on any atom is 0.102 e. The highest BCUT2D eigenvalue weighted by atomic mass is 32.2. The molecule has 1 N–H and O–H groups in total. The van der Waals surface area contributed by atoms with Crippen LogP contribution in [-0.4, -0.2) is 34.5 Å². The molecule has 1 atom stereocenters. The zero-order chi connectivity index (χ0) is 16.9. The fourth-order valence-corrected chi connectivity index (χ4v) is 2.53. The molecule has 2 aromatic heterocycles. The quantitative estimate of drug-likeness (QED) is 0.669. The lowest BCUT2D eigenvalue weighted by molar-refractivity contribution is 0.525. The van der Waals surface area contributed by atoms with Gasteiger partial charge in [-0.1, -0.05) is 16.3 Å². The summed E-state index contributed by atoms with van der Waals surface area (Å²) >= 11 is -2.09. The minimum atomic E-state index is -2.09. The Hall–Kier alpha value is -2.83. The van der Waals surface area contributed by atoms with E-state index >= 15 is 0 Å². The SMILES string of the molecule is N#Cc1cnc2ccc(NCc3cn(CCS(=O)[O-])nn3)cc2c1. The van der Waals surface area contributed by atoms with Crippen LogP contribution >= 0.6 is 0 Å². The summed E-state index contributed by atoms with van der Waals surface area (Å²) in [7, 11) is 0. The average Bonchev–Trinajstić information content (AvgIpc) is 3.05. The van der Waals surface area contributed by atoms with E-state index in [-0.39, 0.29) is 12.3 Å². The highest BCUT2D eigenvalue weighted by Crippen LogP contribution is 2.19. The number of aromatic nitrogens is 4. The maximum absolute atomic E-state index is 10.5. The van der Waals surface area contributed by atoms with Crippen molar-refractivity contribution in [1.82, 2.24) is 20.0 Å². The number of pyridine rings is 1. The van der Waals surface area contributed by atoms with Crippen molar-refractivity contribution in [2.75, 3.05) is 11.1 Å². The van der Waals surface area contributed by atoms with E-state index in [4.69, 9.17) is 5.26 Å². The molecule has 0 saturated heterocycles. The average molecular weight is 341 g/mol. The van der Waals surface area contributed by atoms with Crippen LogP contribution in [0.3, 0.4) is 0 Å². The summed E-state index contributed by atoms with van der Waals surface area (Å²) < 4.78 is 22.6. The lowest BCUT2D eigenvalue weighted by Gasteiger charge is -2.06. The van der Waals surface area contributed by atoms with Crippen molar-refractivity contribution >= 4 is 27.7 Å². The Balaban J connectivity index is 1.67. The zero-order valence-corrected chi connectivity index (χ0v) is 13.4. The summed E-state index contributed by atoms with van der Waals surface area (Å²) in [5.74, 6) is 0.00906. The standard InChI is InChI=1S/C15H14N6O2S/c16-7-11-5-12-6-13(1-2-15(12)18-8-11)17-9-14-10-21(20-19-14)3-4-24(22)23/h1-2,5-6,8,10,17H,3-4,9H2,(H,22,23)/p-1. The molecule has 1 unspecified atom stereocenters. The number of hydrogen-bond donors (Lipinski definition) is 1. The van der Waals surface area contributed by atoms with Crippen LogP contribution < -0.4 is 5.32 Å². The number of benzene rings is 1. The molecule has 24 heavy (non-hydrogen) atoms. The third kappa shape index (κ3) is 3.92. The van der Waals surface area contributed by atoms with Crippen molar-refractivity contribution in [3.05, 3.63) is 47.9 Å². The van der Waals surface area contributed by atoms with E-state index in [2.05, 4.69) is 26.7 Å². The molecule has 0 saturated carbocycles. The first-order valence-corrected chi connectivity index (χ1v) is 8.37. The predicted molar refractivity (Wildman–Crippen MR) is 87.6 cm³/mol. The van der Waals surface area contributed by atoms with Gasteiger partial charge < -0.3 is 9.87 Å². The van der Waals surface area contributed by atoms with Crippen molar-refractivity contribution in [3.8, 4) is 6.07 Å². The van der Waals surface area contributed by atoms with E-state index in [0.717, 1.165) is 16.6 Å². The number of nitrogens with one attached hydrogen (secondary N) is 1. The van der Waals surface area contributed by atoms with Gasteiger partial charge in [0.05, 0.1) is 30.4 Å². The number of anilines is 1. The van der Waals surface area contributed by atoms with Gasteiger partial charge in [0.1, 0.15) is 11.8 Å². The van der Waals surface area contributed by atoms with E-state index in [1.807, 2.05) is 18.2 Å². The number of nitrogens with zero attached hydrogens (tertiary/aromatic N) is 5. The van der Waals surface area contributed by atoms with E-state index < -0.39 is 11.1 Å². The molecule has 0 aliphatic carbocycles. The second-order valence-electron chi connectivity index (χ2n) is 5.08. The summed E-state index contributed by atoms with van der Waals surface area (Å²) in [4.78, 5) is 4.22. The molecule has 8 nitrogen and oxygen atoms in total. The Labute approximate surface area is 140 Å². The first-order chi connectivity index (χ1) is 11.6. The molecule has 0 aliphatic rings. The van der Waals surface area contributed by atoms with Gasteiger partial charge >= 0.3 is 0 Å². The summed E-state index contributed by atoms with van der Waals surface area (Å²) in [6.07, 6.45) is 3.25. The van der Waals surface area contributed by atoms with Crippen LogP contribution in [0.4, 0.5) is 5.69 Å². The Morgan fingerprint density at radius 2 is 2.25 bits per heavy atom. The molecule has 3 aromatic rings. The Morgan fingerprint density at radius 3 is 3.04 bits per heavy atom. The van der Waals surface area contributed by atoms with E-state index in [1.165, 1.54) is 4.68 Å². The smallest absolute Gasteiger partial charge is 0.102 e. The van der Waals surface area contributed by atoms with Gasteiger partial charge in [-0.15, -0.1) is 5.10 Å². The Kier molecular flexibility index (Phi) is 4.79. The zero-order valence-electron chi connectivity index (χ0n) is 12.5. The monoisotopic (exact) mass is 341 g/mol. The van der Waals surface area contributed by atoms with Crippen molar-refractivity contribution in [2.45, 2.75) is 13.1 Å². The maximum atomic E-state index is 10.5. The molecule has 0 radical (unpaired) electrons. The first-order valence-electron chi connectivity index (χ1n) is 7.13. The predicted octanol–water partition coefficient (Wildman–Crippen LogP) is 1.19. The fraction of sp³-hybridized carbons (Fsp3) is 0.200. The van der Waals surface area contributed by atoms with Crippen LogP contribution in [-0.2, 0) is 24.2 Å². The number of hydrogen-bond acceptors (Lipinski definition) is 7. The van der Waals surface area contributed by atoms with Crippen LogP contribution in [0.1, 0.15) is 11.3 Å². The second-order valence-corrected chi connectivity index (χ2v) is 6.09. The molecule has 2 heterocycles. The Morgan fingerprint density at radius 1 is 1.38 bits per heavy atom. The molecule has 122 valence electrons. The first kappa shape index (κ1) is 16.0. The van der Waals surface area contributed by atoms with Crippen molar-refractivity contribution in [2.24, 2.45) is 0 Å². The lowest BCUT2D eigenvalue weighted by Crippen LogP contribution is -2.07. The van der Waals surface area contributed by atoms with Crippen LogP contribution in [0.2, 0.25) is 0 Å². The molecule has 0 amide bonds.